The normalized spacial score (nSPS) is 15.4. The van der Waals surface area contributed by atoms with Gasteiger partial charge in [-0.25, -0.2) is 22.4 Å². The summed E-state index contributed by atoms with van der Waals surface area (Å²) in [6.07, 6.45) is 3.67. The van der Waals surface area contributed by atoms with Gasteiger partial charge in [0.15, 0.2) is 5.65 Å². The predicted molar refractivity (Wildman–Crippen MR) is 163 cm³/mol. The van der Waals surface area contributed by atoms with E-state index in [4.69, 9.17) is 9.47 Å². The van der Waals surface area contributed by atoms with Crippen molar-refractivity contribution in [1.29, 1.82) is 5.26 Å². The minimum atomic E-state index is -4.03. The maximum atomic E-state index is 14.2. The predicted octanol–water partition coefficient (Wildman–Crippen LogP) is 5.50. The Morgan fingerprint density at radius 3 is 2.40 bits per heavy atom. The van der Waals surface area contributed by atoms with E-state index in [0.29, 0.717) is 59.4 Å². The van der Waals surface area contributed by atoms with Crippen LogP contribution in [-0.4, -0.2) is 55.3 Å². The molecule has 0 radical (unpaired) electrons. The molecular formula is C33H29N5O4S. The number of nitriles is 1. The number of fused-ring (bicyclic) bond motifs is 1. The van der Waals surface area contributed by atoms with Crippen LogP contribution in [0.3, 0.4) is 0 Å². The highest BCUT2D eigenvalue weighted by molar-refractivity contribution is 7.90. The Morgan fingerprint density at radius 1 is 0.930 bits per heavy atom. The molecule has 5 aromatic rings. The number of nitrogens with zero attached hydrogens (tertiary/aromatic N) is 5. The molecule has 0 bridgehead atoms. The van der Waals surface area contributed by atoms with Crippen molar-refractivity contribution in [3.8, 4) is 34.3 Å². The molecule has 7 rings (SSSR count). The van der Waals surface area contributed by atoms with E-state index in [9.17, 15) is 13.7 Å². The minimum absolute atomic E-state index is 0.155. The molecular weight excluding hydrogens is 562 g/mol. The summed E-state index contributed by atoms with van der Waals surface area (Å²) in [5.41, 5.74) is 4.11. The monoisotopic (exact) mass is 591 g/mol. The highest BCUT2D eigenvalue weighted by atomic mass is 32.2. The summed E-state index contributed by atoms with van der Waals surface area (Å²) in [6.45, 7) is 3.55. The number of hydrogen-bond acceptors (Lipinski definition) is 8. The third kappa shape index (κ3) is 5.22. The van der Waals surface area contributed by atoms with Crippen LogP contribution in [0, 0.1) is 17.2 Å². The molecule has 0 spiro atoms. The van der Waals surface area contributed by atoms with Gasteiger partial charge < -0.3 is 14.4 Å². The molecule has 0 amide bonds. The lowest BCUT2D eigenvalue weighted by atomic mass is 10.0. The molecule has 0 unspecified atom stereocenters. The molecule has 9 nitrogen and oxygen atoms in total. The topological polar surface area (TPSA) is 110 Å². The summed E-state index contributed by atoms with van der Waals surface area (Å²) < 4.78 is 41.0. The highest BCUT2D eigenvalue weighted by Gasteiger charge is 2.27. The van der Waals surface area contributed by atoms with Crippen molar-refractivity contribution >= 4 is 26.7 Å². The van der Waals surface area contributed by atoms with Crippen LogP contribution in [0.5, 0.6) is 5.75 Å². The second kappa shape index (κ2) is 11.2. The third-order valence-corrected chi connectivity index (χ3v) is 9.64. The van der Waals surface area contributed by atoms with Crippen molar-refractivity contribution in [3.05, 3.63) is 90.8 Å². The van der Waals surface area contributed by atoms with Crippen LogP contribution in [0.25, 0.3) is 33.5 Å². The lowest BCUT2D eigenvalue weighted by Gasteiger charge is -2.28. The number of anilines is 1. The van der Waals surface area contributed by atoms with Crippen molar-refractivity contribution < 1.29 is 17.9 Å². The molecule has 1 aliphatic carbocycles. The van der Waals surface area contributed by atoms with E-state index in [2.05, 4.69) is 20.9 Å². The van der Waals surface area contributed by atoms with Crippen molar-refractivity contribution in [3.63, 3.8) is 0 Å². The smallest absolute Gasteiger partial charge is 0.269 e. The number of morpholine rings is 1. The van der Waals surface area contributed by atoms with Crippen LogP contribution in [0.15, 0.2) is 90.1 Å². The van der Waals surface area contributed by atoms with Gasteiger partial charge in [0.2, 0.25) is 0 Å². The first kappa shape index (κ1) is 27.1. The van der Waals surface area contributed by atoms with Gasteiger partial charge in [0, 0.05) is 29.7 Å². The van der Waals surface area contributed by atoms with E-state index in [1.54, 1.807) is 42.5 Å². The number of ether oxygens (including phenoxy) is 2. The van der Waals surface area contributed by atoms with Crippen molar-refractivity contribution in [1.82, 2.24) is 13.9 Å². The molecule has 2 aliphatic rings. The zero-order chi connectivity index (χ0) is 29.4. The average molecular weight is 592 g/mol. The van der Waals surface area contributed by atoms with Crippen LogP contribution < -0.4 is 9.64 Å². The molecule has 10 heteroatoms. The quantitative estimate of drug-likeness (QED) is 0.233. The van der Waals surface area contributed by atoms with Gasteiger partial charge in [0.05, 0.1) is 41.7 Å². The van der Waals surface area contributed by atoms with Gasteiger partial charge >= 0.3 is 0 Å². The number of hydrogen-bond donors (Lipinski definition) is 0. The molecule has 43 heavy (non-hydrogen) atoms. The van der Waals surface area contributed by atoms with Gasteiger partial charge in [0.1, 0.15) is 18.1 Å². The molecule has 1 saturated carbocycles. The first-order chi connectivity index (χ1) is 21.0. The number of benzene rings is 3. The molecule has 2 fully saturated rings. The maximum Gasteiger partial charge on any atom is 0.269 e. The number of rotatable bonds is 8. The molecule has 0 atom stereocenters. The van der Waals surface area contributed by atoms with Crippen LogP contribution in [0.4, 0.5) is 5.69 Å². The van der Waals surface area contributed by atoms with E-state index in [1.807, 2.05) is 36.4 Å². The molecule has 1 saturated heterocycles. The molecule has 1 aliphatic heterocycles. The Balaban J connectivity index is 1.37. The van der Waals surface area contributed by atoms with E-state index in [-0.39, 0.29) is 10.5 Å². The van der Waals surface area contributed by atoms with E-state index in [1.165, 1.54) is 10.3 Å². The second-order valence-corrected chi connectivity index (χ2v) is 12.6. The van der Waals surface area contributed by atoms with Gasteiger partial charge in [-0.1, -0.05) is 30.3 Å². The fourth-order valence-corrected chi connectivity index (χ4v) is 6.91. The van der Waals surface area contributed by atoms with Crippen LogP contribution >= 0.6 is 0 Å². The minimum Gasteiger partial charge on any atom is -0.492 e. The second-order valence-electron chi connectivity index (χ2n) is 10.8. The zero-order valence-electron chi connectivity index (χ0n) is 23.4. The lowest BCUT2D eigenvalue weighted by Crippen LogP contribution is -2.36. The fourth-order valence-electron chi connectivity index (χ4n) is 5.41. The summed E-state index contributed by atoms with van der Waals surface area (Å²) >= 11 is 0. The Morgan fingerprint density at radius 2 is 1.67 bits per heavy atom. The Bertz CT molecular complexity index is 1940. The van der Waals surface area contributed by atoms with E-state index >= 15 is 0 Å². The van der Waals surface area contributed by atoms with Gasteiger partial charge in [-0.15, -0.1) is 0 Å². The van der Waals surface area contributed by atoms with Crippen LogP contribution in [0.1, 0.15) is 18.4 Å². The Kier molecular flexibility index (Phi) is 7.05. The highest BCUT2D eigenvalue weighted by Crippen LogP contribution is 2.37. The summed E-state index contributed by atoms with van der Waals surface area (Å²) in [4.78, 5) is 11.4. The lowest BCUT2D eigenvalue weighted by molar-refractivity contribution is 0.122. The standard InChI is InChI=1S/C33H29N5O4S/c34-20-26-18-25(10-13-31(26)42-21-23-6-7-23)32-29-19-30(24-8-11-27(12-9-24)37-14-16-41-17-15-37)38(33(29)36-22-35-32)43(39,40)28-4-2-1-3-5-28/h1-5,8-13,18-19,22-23H,6-7,14-17,21H2. The average Bonchev–Trinajstić information content (AvgIpc) is 3.81. The van der Waals surface area contributed by atoms with Gasteiger partial charge in [0.25, 0.3) is 10.0 Å². The molecule has 3 heterocycles. The number of aromatic nitrogens is 3. The Labute approximate surface area is 250 Å². The summed E-state index contributed by atoms with van der Waals surface area (Å²) in [5, 5.41) is 10.4. The van der Waals surface area contributed by atoms with E-state index < -0.39 is 10.0 Å². The maximum absolute atomic E-state index is 14.2. The van der Waals surface area contributed by atoms with Crippen LogP contribution in [-0.2, 0) is 14.8 Å². The van der Waals surface area contributed by atoms with E-state index in [0.717, 1.165) is 37.2 Å². The zero-order valence-corrected chi connectivity index (χ0v) is 24.2. The Hall–Kier alpha value is -4.72. The molecule has 3 aromatic carbocycles. The fraction of sp³-hybridized carbons (Fsp3) is 0.242. The SMILES string of the molecule is N#Cc1cc(-c2ncnc3c2cc(-c2ccc(N4CCOCC4)cc2)n3S(=O)(=O)c2ccccc2)ccc1OCC1CC1. The molecule has 2 aromatic heterocycles. The van der Waals surface area contributed by atoms with Gasteiger partial charge in [-0.2, -0.15) is 5.26 Å². The first-order valence-electron chi connectivity index (χ1n) is 14.3. The van der Waals surface area contributed by atoms with Crippen LogP contribution in [0.2, 0.25) is 0 Å². The van der Waals surface area contributed by atoms with Gasteiger partial charge in [-0.3, -0.25) is 0 Å². The van der Waals surface area contributed by atoms with Crippen molar-refractivity contribution in [2.45, 2.75) is 17.7 Å². The largest absolute Gasteiger partial charge is 0.492 e. The van der Waals surface area contributed by atoms with Crippen molar-refractivity contribution in [2.75, 3.05) is 37.8 Å². The third-order valence-electron chi connectivity index (χ3n) is 7.92. The van der Waals surface area contributed by atoms with Crippen molar-refractivity contribution in [2.24, 2.45) is 5.92 Å². The summed E-state index contributed by atoms with van der Waals surface area (Å²) in [5.74, 6) is 1.09. The molecule has 216 valence electrons. The first-order valence-corrected chi connectivity index (χ1v) is 15.7. The van der Waals surface area contributed by atoms with Gasteiger partial charge in [-0.05, 0) is 72.9 Å². The molecule has 0 N–H and O–H groups in total. The summed E-state index contributed by atoms with van der Waals surface area (Å²) in [6, 6.07) is 25.6. The summed E-state index contributed by atoms with van der Waals surface area (Å²) in [7, 11) is -4.03.